The highest BCUT2D eigenvalue weighted by atomic mass is 16.5. The first-order chi connectivity index (χ1) is 9.52. The fourth-order valence-electron chi connectivity index (χ4n) is 1.15. The van der Waals surface area contributed by atoms with Crippen molar-refractivity contribution < 1.29 is 23.5 Å². The molecule has 0 fully saturated rings. The van der Waals surface area contributed by atoms with E-state index in [1.807, 2.05) is 0 Å². The van der Waals surface area contributed by atoms with Crippen molar-refractivity contribution in [2.24, 2.45) is 0 Å². The molecule has 2 amide bonds. The largest absolute Gasteiger partial charge is 0.459 e. The Morgan fingerprint density at radius 3 is 2.75 bits per heavy atom. The van der Waals surface area contributed by atoms with E-state index in [-0.39, 0.29) is 18.8 Å². The monoisotopic (exact) mass is 279 g/mol. The molecule has 2 N–H and O–H groups in total. The molecule has 1 aromatic rings. The SMILES string of the molecule is C[C@H](C#N)OC(=O)CNC(=O)CNC(=O)c1ccco1. The van der Waals surface area contributed by atoms with Crippen LogP contribution in [0.15, 0.2) is 22.8 Å². The van der Waals surface area contributed by atoms with E-state index in [1.54, 1.807) is 12.1 Å². The van der Waals surface area contributed by atoms with Crippen LogP contribution in [0.4, 0.5) is 0 Å². The fourth-order valence-corrected chi connectivity index (χ4v) is 1.15. The average molecular weight is 279 g/mol. The molecule has 0 aromatic carbocycles. The summed E-state index contributed by atoms with van der Waals surface area (Å²) in [7, 11) is 0. The second-order valence-corrected chi connectivity index (χ2v) is 3.70. The third-order valence-corrected chi connectivity index (χ3v) is 2.07. The highest BCUT2D eigenvalue weighted by Crippen LogP contribution is 1.98. The number of rotatable bonds is 6. The molecule has 0 spiro atoms. The maximum atomic E-state index is 11.4. The highest BCUT2D eigenvalue weighted by Gasteiger charge is 2.12. The van der Waals surface area contributed by atoms with Crippen molar-refractivity contribution in [1.82, 2.24) is 10.6 Å². The van der Waals surface area contributed by atoms with Gasteiger partial charge in [0.15, 0.2) is 11.9 Å². The Bertz CT molecular complexity index is 518. The van der Waals surface area contributed by atoms with Gasteiger partial charge in [0.2, 0.25) is 5.91 Å². The normalized spacial score (nSPS) is 11.0. The van der Waals surface area contributed by atoms with Gasteiger partial charge in [-0.1, -0.05) is 0 Å². The number of nitrogens with one attached hydrogen (secondary N) is 2. The number of hydrogen-bond acceptors (Lipinski definition) is 6. The van der Waals surface area contributed by atoms with Crippen LogP contribution in [-0.2, 0) is 14.3 Å². The van der Waals surface area contributed by atoms with E-state index in [4.69, 9.17) is 9.68 Å². The summed E-state index contributed by atoms with van der Waals surface area (Å²) in [5.74, 6) is -1.75. The minimum atomic E-state index is -0.877. The predicted octanol–water partition coefficient (Wildman–Crippen LogP) is -0.419. The standard InChI is InChI=1S/C12H13N3O5/c1-8(5-13)20-11(17)7-14-10(16)6-15-12(18)9-3-2-4-19-9/h2-4,8H,6-7H2,1H3,(H,14,16)(H,15,18)/t8-/m1/s1. The summed E-state index contributed by atoms with van der Waals surface area (Å²) in [6.45, 7) is 0.728. The Morgan fingerprint density at radius 1 is 1.40 bits per heavy atom. The van der Waals surface area contributed by atoms with Gasteiger partial charge in [-0.25, -0.2) is 0 Å². The van der Waals surface area contributed by atoms with Crippen molar-refractivity contribution in [2.75, 3.05) is 13.1 Å². The molecule has 106 valence electrons. The van der Waals surface area contributed by atoms with Gasteiger partial charge in [-0.05, 0) is 19.1 Å². The number of furan rings is 1. The molecule has 8 nitrogen and oxygen atoms in total. The summed E-state index contributed by atoms with van der Waals surface area (Å²) < 4.78 is 9.45. The molecule has 1 aromatic heterocycles. The summed E-state index contributed by atoms with van der Waals surface area (Å²) in [4.78, 5) is 33.9. The van der Waals surface area contributed by atoms with Crippen molar-refractivity contribution in [3.05, 3.63) is 24.2 Å². The molecule has 0 aliphatic rings. The van der Waals surface area contributed by atoms with Crippen molar-refractivity contribution in [3.8, 4) is 6.07 Å². The summed E-state index contributed by atoms with van der Waals surface area (Å²) in [5.41, 5.74) is 0. The molecule has 0 aliphatic heterocycles. The maximum Gasteiger partial charge on any atom is 0.326 e. The number of hydrogen-bond donors (Lipinski definition) is 2. The number of esters is 1. The lowest BCUT2D eigenvalue weighted by Gasteiger charge is -2.07. The number of amides is 2. The first-order valence-corrected chi connectivity index (χ1v) is 5.70. The van der Waals surface area contributed by atoms with E-state index < -0.39 is 23.9 Å². The molecule has 1 rings (SSSR count). The molecular formula is C12H13N3O5. The molecule has 0 aliphatic carbocycles. The van der Waals surface area contributed by atoms with Crippen LogP contribution in [0.25, 0.3) is 0 Å². The van der Waals surface area contributed by atoms with Gasteiger partial charge in [0.25, 0.3) is 5.91 Å². The van der Waals surface area contributed by atoms with Crippen LogP contribution >= 0.6 is 0 Å². The molecule has 8 heteroatoms. The quantitative estimate of drug-likeness (QED) is 0.682. The van der Waals surface area contributed by atoms with E-state index in [0.717, 1.165) is 0 Å². The Labute approximate surface area is 114 Å². The first-order valence-electron chi connectivity index (χ1n) is 5.70. The van der Waals surface area contributed by atoms with Gasteiger partial charge in [0.1, 0.15) is 12.6 Å². The molecule has 0 saturated carbocycles. The third kappa shape index (κ3) is 5.22. The lowest BCUT2D eigenvalue weighted by atomic mass is 10.4. The minimum Gasteiger partial charge on any atom is -0.459 e. The Morgan fingerprint density at radius 2 is 2.15 bits per heavy atom. The van der Waals surface area contributed by atoms with Crippen molar-refractivity contribution >= 4 is 17.8 Å². The zero-order valence-electron chi connectivity index (χ0n) is 10.7. The third-order valence-electron chi connectivity index (χ3n) is 2.07. The van der Waals surface area contributed by atoms with E-state index in [0.29, 0.717) is 0 Å². The molecular weight excluding hydrogens is 266 g/mol. The van der Waals surface area contributed by atoms with Crippen molar-refractivity contribution in [3.63, 3.8) is 0 Å². The Hall–Kier alpha value is -2.82. The Balaban J connectivity index is 2.22. The van der Waals surface area contributed by atoms with E-state index in [9.17, 15) is 14.4 Å². The van der Waals surface area contributed by atoms with Crippen LogP contribution in [0.1, 0.15) is 17.5 Å². The van der Waals surface area contributed by atoms with Crippen LogP contribution in [0, 0.1) is 11.3 Å². The van der Waals surface area contributed by atoms with Gasteiger partial charge in [-0.3, -0.25) is 14.4 Å². The lowest BCUT2D eigenvalue weighted by molar-refractivity contribution is -0.145. The van der Waals surface area contributed by atoms with Gasteiger partial charge >= 0.3 is 5.97 Å². The summed E-state index contributed by atoms with van der Waals surface area (Å²) in [6, 6.07) is 4.71. The van der Waals surface area contributed by atoms with Crippen LogP contribution in [0.3, 0.4) is 0 Å². The van der Waals surface area contributed by atoms with Gasteiger partial charge in [0.05, 0.1) is 12.8 Å². The number of ether oxygens (including phenoxy) is 1. The second-order valence-electron chi connectivity index (χ2n) is 3.70. The van der Waals surface area contributed by atoms with Gasteiger partial charge < -0.3 is 19.8 Å². The van der Waals surface area contributed by atoms with Gasteiger partial charge in [0, 0.05) is 0 Å². The van der Waals surface area contributed by atoms with E-state index in [1.165, 1.54) is 19.3 Å². The van der Waals surface area contributed by atoms with Crippen molar-refractivity contribution in [1.29, 1.82) is 5.26 Å². The predicted molar refractivity (Wildman–Crippen MR) is 65.2 cm³/mol. The first kappa shape index (κ1) is 15.2. The zero-order chi connectivity index (χ0) is 15.0. The Kier molecular flexibility index (Phi) is 5.77. The summed E-state index contributed by atoms with van der Waals surface area (Å²) >= 11 is 0. The smallest absolute Gasteiger partial charge is 0.326 e. The molecule has 0 unspecified atom stereocenters. The maximum absolute atomic E-state index is 11.4. The van der Waals surface area contributed by atoms with Gasteiger partial charge in [-0.15, -0.1) is 0 Å². The van der Waals surface area contributed by atoms with Crippen molar-refractivity contribution in [2.45, 2.75) is 13.0 Å². The van der Waals surface area contributed by atoms with E-state index >= 15 is 0 Å². The number of carbonyl (C=O) groups excluding carboxylic acids is 3. The fraction of sp³-hybridized carbons (Fsp3) is 0.333. The molecule has 0 saturated heterocycles. The minimum absolute atomic E-state index is 0.0834. The lowest BCUT2D eigenvalue weighted by Crippen LogP contribution is -2.39. The zero-order valence-corrected chi connectivity index (χ0v) is 10.7. The summed E-state index contributed by atoms with van der Waals surface area (Å²) in [5, 5.41) is 13.0. The second kappa shape index (κ2) is 7.58. The average Bonchev–Trinajstić information content (AvgIpc) is 2.96. The summed E-state index contributed by atoms with van der Waals surface area (Å²) in [6.07, 6.45) is 0.458. The molecule has 1 heterocycles. The number of nitriles is 1. The van der Waals surface area contributed by atoms with Crippen LogP contribution in [0.5, 0.6) is 0 Å². The topological polar surface area (TPSA) is 121 Å². The number of carbonyl (C=O) groups is 3. The van der Waals surface area contributed by atoms with E-state index in [2.05, 4.69) is 15.4 Å². The molecule has 1 atom stereocenters. The highest BCUT2D eigenvalue weighted by molar-refractivity contribution is 5.94. The number of nitrogens with zero attached hydrogens (tertiary/aromatic N) is 1. The molecule has 0 bridgehead atoms. The molecule has 20 heavy (non-hydrogen) atoms. The van der Waals surface area contributed by atoms with Crippen LogP contribution in [-0.4, -0.2) is 37.0 Å². The van der Waals surface area contributed by atoms with Crippen LogP contribution in [0.2, 0.25) is 0 Å². The molecule has 0 radical (unpaired) electrons. The van der Waals surface area contributed by atoms with Crippen LogP contribution < -0.4 is 10.6 Å². The van der Waals surface area contributed by atoms with Gasteiger partial charge in [-0.2, -0.15) is 5.26 Å².